The Labute approximate surface area is 235 Å². The molecule has 214 valence electrons. The van der Waals surface area contributed by atoms with Gasteiger partial charge in [0.2, 0.25) is 0 Å². The lowest BCUT2D eigenvalue weighted by atomic mass is 10.1. The Kier molecular flexibility index (Phi) is 11.0. The Hall–Kier alpha value is -2.81. The number of carbonyl (C=O) groups excluding carboxylic acids is 2. The van der Waals surface area contributed by atoms with Crippen molar-refractivity contribution in [3.05, 3.63) is 58.6 Å². The lowest BCUT2D eigenvalue weighted by Crippen LogP contribution is -2.56. The average Bonchev–Trinajstić information content (AvgIpc) is 3.27. The van der Waals surface area contributed by atoms with Crippen molar-refractivity contribution in [2.75, 3.05) is 19.8 Å². The molecule has 2 N–H and O–H groups in total. The molecule has 0 bridgehead atoms. The van der Waals surface area contributed by atoms with E-state index in [-0.39, 0.29) is 30.8 Å². The minimum absolute atomic E-state index is 0.00552. The first kappa shape index (κ1) is 30.7. The van der Waals surface area contributed by atoms with Crippen LogP contribution in [0.1, 0.15) is 64.7 Å². The van der Waals surface area contributed by atoms with Crippen LogP contribution in [0.4, 0.5) is 0 Å². The molecule has 2 unspecified atom stereocenters. The van der Waals surface area contributed by atoms with Crippen LogP contribution in [0.15, 0.2) is 42.5 Å². The molecule has 2 aromatic rings. The molecular formula is C30H40ClNO7. The highest BCUT2D eigenvalue weighted by molar-refractivity contribution is 6.30. The summed E-state index contributed by atoms with van der Waals surface area (Å²) < 4.78 is 22.4. The van der Waals surface area contributed by atoms with Crippen LogP contribution in [-0.4, -0.2) is 48.6 Å². The molecule has 39 heavy (non-hydrogen) atoms. The van der Waals surface area contributed by atoms with Gasteiger partial charge >= 0.3 is 17.7 Å². The normalized spacial score (nSPS) is 15.3. The molecule has 0 amide bonds. The summed E-state index contributed by atoms with van der Waals surface area (Å²) in [7, 11) is 0. The van der Waals surface area contributed by atoms with Gasteiger partial charge in [0.05, 0.1) is 19.3 Å². The Bertz CT molecular complexity index is 1090. The molecule has 0 radical (unpaired) electrons. The topological polar surface area (TPSA) is 103 Å². The first-order valence-electron chi connectivity index (χ1n) is 13.5. The van der Waals surface area contributed by atoms with Crippen LogP contribution in [0.2, 0.25) is 5.02 Å². The van der Waals surface area contributed by atoms with Crippen LogP contribution in [0.5, 0.6) is 11.5 Å². The summed E-state index contributed by atoms with van der Waals surface area (Å²) in [5.41, 5.74) is 1.63. The summed E-state index contributed by atoms with van der Waals surface area (Å²) in [6.45, 7) is 10.7. The first-order valence-corrected chi connectivity index (χ1v) is 13.9. The zero-order chi connectivity index (χ0) is 28.6. The van der Waals surface area contributed by atoms with Crippen molar-refractivity contribution in [2.24, 2.45) is 11.8 Å². The fourth-order valence-electron chi connectivity index (χ4n) is 3.96. The van der Waals surface area contributed by atoms with E-state index < -0.39 is 23.8 Å². The number of esters is 2. The molecule has 1 aliphatic rings. The largest absolute Gasteiger partial charge is 0.459 e. The average molecular weight is 562 g/mol. The third-order valence-electron chi connectivity index (χ3n) is 6.34. The second kappa shape index (κ2) is 14.0. The van der Waals surface area contributed by atoms with Crippen molar-refractivity contribution in [1.29, 1.82) is 0 Å². The Balaban J connectivity index is 1.66. The third-order valence-corrected chi connectivity index (χ3v) is 6.58. The SMILES string of the molecule is CC(C)CCOC(=O)C1(C(=O)OCCC(C)C)Oc2ccc(CC(C)NCC(O)c3cccc(Cl)c3)cc2O1. The third kappa shape index (κ3) is 8.59. The molecule has 2 aromatic carbocycles. The number of rotatable bonds is 14. The lowest BCUT2D eigenvalue weighted by Gasteiger charge is -2.23. The molecule has 1 aliphatic heterocycles. The molecule has 2 atom stereocenters. The van der Waals surface area contributed by atoms with Crippen molar-refractivity contribution < 1.29 is 33.6 Å². The number of ether oxygens (including phenoxy) is 4. The van der Waals surface area contributed by atoms with Crippen molar-refractivity contribution in [2.45, 2.75) is 71.8 Å². The fraction of sp³-hybridized carbons (Fsp3) is 0.533. The van der Waals surface area contributed by atoms with Crippen LogP contribution in [0.3, 0.4) is 0 Å². The minimum Gasteiger partial charge on any atom is -0.459 e. The van der Waals surface area contributed by atoms with E-state index in [1.807, 2.05) is 46.8 Å². The molecule has 3 rings (SSSR count). The number of halogens is 1. The predicted octanol–water partition coefficient (Wildman–Crippen LogP) is 5.24. The van der Waals surface area contributed by atoms with Gasteiger partial charge in [0.15, 0.2) is 11.5 Å². The molecule has 0 saturated carbocycles. The van der Waals surface area contributed by atoms with Crippen molar-refractivity contribution >= 4 is 23.5 Å². The number of benzene rings is 2. The zero-order valence-electron chi connectivity index (χ0n) is 23.4. The summed E-state index contributed by atoms with van der Waals surface area (Å²) in [4.78, 5) is 26.2. The number of carbonyl (C=O) groups is 2. The standard InChI is InChI=1S/C30H40ClNO7/c1-19(2)11-13-36-28(34)30(29(35)37-14-12-20(3)4)38-26-10-9-22(16-27(26)39-30)15-21(5)32-18-25(33)23-7-6-8-24(31)17-23/h6-10,16-17,19-21,25,32-33H,11-15,18H2,1-5H3. The Morgan fingerprint density at radius 1 is 0.923 bits per heavy atom. The molecule has 0 aliphatic carbocycles. The van der Waals surface area contributed by atoms with E-state index in [0.29, 0.717) is 42.7 Å². The van der Waals surface area contributed by atoms with Crippen LogP contribution in [-0.2, 0) is 25.5 Å². The van der Waals surface area contributed by atoms with E-state index in [1.54, 1.807) is 30.3 Å². The maximum Gasteiger partial charge on any atom is 0.453 e. The smallest absolute Gasteiger partial charge is 0.453 e. The monoisotopic (exact) mass is 561 g/mol. The van der Waals surface area contributed by atoms with Crippen LogP contribution < -0.4 is 14.8 Å². The molecule has 0 saturated heterocycles. The highest BCUT2D eigenvalue weighted by atomic mass is 35.5. The van der Waals surface area contributed by atoms with Gasteiger partial charge in [0.25, 0.3) is 0 Å². The number of hydrogen-bond donors (Lipinski definition) is 2. The van der Waals surface area contributed by atoms with E-state index in [2.05, 4.69) is 5.32 Å². The van der Waals surface area contributed by atoms with Gasteiger partial charge in [-0.25, -0.2) is 9.59 Å². The van der Waals surface area contributed by atoms with Gasteiger partial charge in [-0.3, -0.25) is 0 Å². The molecule has 1 heterocycles. The highest BCUT2D eigenvalue weighted by Crippen LogP contribution is 2.41. The van der Waals surface area contributed by atoms with E-state index in [0.717, 1.165) is 11.1 Å². The van der Waals surface area contributed by atoms with Crippen LogP contribution >= 0.6 is 11.6 Å². The van der Waals surface area contributed by atoms with Crippen molar-refractivity contribution in [3.63, 3.8) is 0 Å². The maximum absolute atomic E-state index is 13.1. The van der Waals surface area contributed by atoms with Gasteiger partial charge in [0.1, 0.15) is 0 Å². The Morgan fingerprint density at radius 3 is 2.13 bits per heavy atom. The second-order valence-electron chi connectivity index (χ2n) is 10.8. The van der Waals surface area contributed by atoms with E-state index in [1.165, 1.54) is 0 Å². The van der Waals surface area contributed by atoms with Crippen molar-refractivity contribution in [3.8, 4) is 11.5 Å². The van der Waals surface area contributed by atoms with Crippen LogP contribution in [0, 0.1) is 11.8 Å². The molecule has 0 spiro atoms. The summed E-state index contributed by atoms with van der Waals surface area (Å²) in [6.07, 6.45) is 1.17. The molecule has 9 heteroatoms. The predicted molar refractivity (Wildman–Crippen MR) is 149 cm³/mol. The number of aliphatic hydroxyl groups is 1. The lowest BCUT2D eigenvalue weighted by molar-refractivity contribution is -0.203. The quantitative estimate of drug-likeness (QED) is 0.238. The maximum atomic E-state index is 13.1. The van der Waals surface area contributed by atoms with Crippen molar-refractivity contribution in [1.82, 2.24) is 5.32 Å². The van der Waals surface area contributed by atoms with Gasteiger partial charge in [-0.1, -0.05) is 57.5 Å². The minimum atomic E-state index is -2.33. The summed E-state index contributed by atoms with van der Waals surface area (Å²) in [5.74, 6) is -3.03. The molecule has 8 nitrogen and oxygen atoms in total. The summed E-state index contributed by atoms with van der Waals surface area (Å²) in [6, 6.07) is 12.4. The van der Waals surface area contributed by atoms with Gasteiger partial charge in [0, 0.05) is 17.6 Å². The van der Waals surface area contributed by atoms with E-state index in [4.69, 9.17) is 30.5 Å². The van der Waals surface area contributed by atoms with Gasteiger partial charge < -0.3 is 29.4 Å². The number of fused-ring (bicyclic) bond motifs is 1. The van der Waals surface area contributed by atoms with Gasteiger partial charge in [-0.05, 0) is 73.4 Å². The molecule has 0 aromatic heterocycles. The Morgan fingerprint density at radius 2 is 1.54 bits per heavy atom. The molecule has 0 fully saturated rings. The first-order chi connectivity index (χ1) is 18.5. The summed E-state index contributed by atoms with van der Waals surface area (Å²) >= 11 is 6.03. The molecular weight excluding hydrogens is 522 g/mol. The van der Waals surface area contributed by atoms with Gasteiger partial charge in [-0.15, -0.1) is 0 Å². The number of aliphatic hydroxyl groups excluding tert-OH is 1. The highest BCUT2D eigenvalue weighted by Gasteiger charge is 2.59. The number of nitrogens with one attached hydrogen (secondary N) is 1. The second-order valence-corrected chi connectivity index (χ2v) is 11.3. The van der Waals surface area contributed by atoms with Gasteiger partial charge in [-0.2, -0.15) is 0 Å². The van der Waals surface area contributed by atoms with E-state index >= 15 is 0 Å². The van der Waals surface area contributed by atoms with Crippen LogP contribution in [0.25, 0.3) is 0 Å². The fourth-order valence-corrected chi connectivity index (χ4v) is 4.16. The zero-order valence-corrected chi connectivity index (χ0v) is 24.1. The number of hydrogen-bond acceptors (Lipinski definition) is 8. The summed E-state index contributed by atoms with van der Waals surface area (Å²) in [5, 5.41) is 14.4. The van der Waals surface area contributed by atoms with E-state index in [9.17, 15) is 14.7 Å².